The van der Waals surface area contributed by atoms with Gasteiger partial charge in [-0.25, -0.2) is 0 Å². The van der Waals surface area contributed by atoms with E-state index in [1.54, 1.807) is 6.92 Å². The molecule has 1 aliphatic rings. The molecule has 3 heteroatoms. The molecule has 0 heterocycles. The van der Waals surface area contributed by atoms with Crippen molar-refractivity contribution in [1.82, 2.24) is 0 Å². The average molecular weight is 172 g/mol. The summed E-state index contributed by atoms with van der Waals surface area (Å²) < 4.78 is 4.69. The van der Waals surface area contributed by atoms with Gasteiger partial charge in [-0.05, 0) is 26.7 Å². The Bertz CT molecular complexity index is 188. The number of carbonyl (C=O) groups is 1. The van der Waals surface area contributed by atoms with E-state index in [-0.39, 0.29) is 11.9 Å². The first kappa shape index (κ1) is 9.52. The van der Waals surface area contributed by atoms with Gasteiger partial charge in [0.15, 0.2) is 0 Å². The molecular weight excluding hydrogens is 156 g/mol. The molecule has 0 spiro atoms. The number of aliphatic hydroxyl groups excluding tert-OH is 1. The van der Waals surface area contributed by atoms with Crippen LogP contribution in [0.4, 0.5) is 0 Å². The second kappa shape index (κ2) is 3.05. The van der Waals surface area contributed by atoms with Crippen LogP contribution in [0.2, 0.25) is 0 Å². The molecule has 0 radical (unpaired) electrons. The summed E-state index contributed by atoms with van der Waals surface area (Å²) in [6.07, 6.45) is 1.33. The lowest BCUT2D eigenvalue weighted by atomic mass is 9.59. The maximum Gasteiger partial charge on any atom is 0.311 e. The van der Waals surface area contributed by atoms with E-state index in [2.05, 4.69) is 4.74 Å². The molecule has 70 valence electrons. The molecule has 0 aliphatic heterocycles. The molecule has 0 aromatic carbocycles. The molecule has 0 bridgehead atoms. The van der Waals surface area contributed by atoms with Gasteiger partial charge in [-0.2, -0.15) is 0 Å². The number of esters is 1. The van der Waals surface area contributed by atoms with E-state index in [0.717, 1.165) is 12.8 Å². The number of aliphatic hydroxyl groups is 1. The molecule has 1 rings (SSSR count). The Kier molecular flexibility index (Phi) is 2.42. The lowest BCUT2D eigenvalue weighted by Crippen LogP contribution is -2.49. The fraction of sp³-hybridized carbons (Fsp3) is 0.889. The predicted molar refractivity (Wildman–Crippen MR) is 44.5 cm³/mol. The van der Waals surface area contributed by atoms with Gasteiger partial charge in [-0.1, -0.05) is 0 Å². The summed E-state index contributed by atoms with van der Waals surface area (Å²) in [5, 5.41) is 9.34. The Labute approximate surface area is 72.7 Å². The fourth-order valence-electron chi connectivity index (χ4n) is 2.00. The Hall–Kier alpha value is -0.570. The van der Waals surface area contributed by atoms with Crippen molar-refractivity contribution in [2.75, 3.05) is 7.11 Å². The van der Waals surface area contributed by atoms with Crippen LogP contribution in [0.5, 0.6) is 0 Å². The van der Waals surface area contributed by atoms with Gasteiger partial charge in [0.25, 0.3) is 0 Å². The standard InChI is InChI=1S/C9H16O3/c1-6(10)7-4-5-9(7,2)8(11)12-3/h6-7,10H,4-5H2,1-3H3/t6?,7-,9+/m0/s1. The zero-order chi connectivity index (χ0) is 9.35. The van der Waals surface area contributed by atoms with Crippen LogP contribution in [0.1, 0.15) is 26.7 Å². The van der Waals surface area contributed by atoms with Crippen molar-refractivity contribution in [1.29, 1.82) is 0 Å². The monoisotopic (exact) mass is 172 g/mol. The zero-order valence-electron chi connectivity index (χ0n) is 7.83. The van der Waals surface area contributed by atoms with Crippen LogP contribution in [0, 0.1) is 11.3 Å². The van der Waals surface area contributed by atoms with E-state index in [1.165, 1.54) is 7.11 Å². The number of hydrogen-bond donors (Lipinski definition) is 1. The van der Waals surface area contributed by atoms with Crippen molar-refractivity contribution in [3.63, 3.8) is 0 Å². The fourth-order valence-corrected chi connectivity index (χ4v) is 2.00. The van der Waals surface area contributed by atoms with Crippen LogP contribution in [0.3, 0.4) is 0 Å². The van der Waals surface area contributed by atoms with Gasteiger partial charge in [0.2, 0.25) is 0 Å². The molecule has 12 heavy (non-hydrogen) atoms. The normalized spacial score (nSPS) is 36.8. The number of carbonyl (C=O) groups excluding carboxylic acids is 1. The molecule has 3 atom stereocenters. The number of ether oxygens (including phenoxy) is 1. The van der Waals surface area contributed by atoms with Crippen LogP contribution in [-0.4, -0.2) is 24.3 Å². The Balaban J connectivity index is 2.66. The van der Waals surface area contributed by atoms with Crippen LogP contribution in [-0.2, 0) is 9.53 Å². The van der Waals surface area contributed by atoms with E-state index in [0.29, 0.717) is 0 Å². The molecule has 0 aromatic rings. The first-order valence-corrected chi connectivity index (χ1v) is 4.29. The lowest BCUT2D eigenvalue weighted by Gasteiger charge is -2.45. The Morgan fingerprint density at radius 3 is 2.58 bits per heavy atom. The summed E-state index contributed by atoms with van der Waals surface area (Å²) in [6.45, 7) is 3.59. The van der Waals surface area contributed by atoms with Crippen molar-refractivity contribution in [2.24, 2.45) is 11.3 Å². The minimum absolute atomic E-state index is 0.0740. The first-order valence-electron chi connectivity index (χ1n) is 4.29. The first-order chi connectivity index (χ1) is 5.52. The summed E-state index contributed by atoms with van der Waals surface area (Å²) in [5.41, 5.74) is -0.442. The van der Waals surface area contributed by atoms with Crippen molar-refractivity contribution >= 4 is 5.97 Å². The molecular formula is C9H16O3. The summed E-state index contributed by atoms with van der Waals surface area (Å²) >= 11 is 0. The number of rotatable bonds is 2. The second-order valence-electron chi connectivity index (χ2n) is 3.79. The Morgan fingerprint density at radius 2 is 2.33 bits per heavy atom. The largest absolute Gasteiger partial charge is 0.469 e. The SMILES string of the molecule is COC(=O)[C@]1(C)CC[C@H]1C(C)O. The van der Waals surface area contributed by atoms with Crippen LogP contribution < -0.4 is 0 Å². The lowest BCUT2D eigenvalue weighted by molar-refractivity contribution is -0.168. The van der Waals surface area contributed by atoms with Crippen molar-refractivity contribution in [3.8, 4) is 0 Å². The molecule has 0 aromatic heterocycles. The minimum Gasteiger partial charge on any atom is -0.469 e. The molecule has 1 unspecified atom stereocenters. The number of methoxy groups -OCH3 is 1. The second-order valence-corrected chi connectivity index (χ2v) is 3.79. The average Bonchev–Trinajstić information content (AvgIpc) is 1.98. The summed E-state index contributed by atoms with van der Waals surface area (Å²) in [5.74, 6) is -0.121. The maximum absolute atomic E-state index is 11.3. The number of hydrogen-bond acceptors (Lipinski definition) is 3. The third-order valence-corrected chi connectivity index (χ3v) is 3.03. The molecule has 3 nitrogen and oxygen atoms in total. The van der Waals surface area contributed by atoms with E-state index >= 15 is 0 Å². The zero-order valence-corrected chi connectivity index (χ0v) is 7.83. The maximum atomic E-state index is 11.3. The van der Waals surface area contributed by atoms with Gasteiger partial charge in [0, 0.05) is 5.92 Å². The van der Waals surface area contributed by atoms with Crippen molar-refractivity contribution < 1.29 is 14.6 Å². The summed E-state index contributed by atoms with van der Waals surface area (Å²) in [4.78, 5) is 11.3. The minimum atomic E-state index is -0.442. The van der Waals surface area contributed by atoms with Crippen molar-refractivity contribution in [3.05, 3.63) is 0 Å². The summed E-state index contributed by atoms with van der Waals surface area (Å²) in [7, 11) is 1.39. The van der Waals surface area contributed by atoms with E-state index in [1.807, 2.05) is 6.92 Å². The van der Waals surface area contributed by atoms with E-state index < -0.39 is 11.5 Å². The predicted octanol–water partition coefficient (Wildman–Crippen LogP) is 0.956. The smallest absolute Gasteiger partial charge is 0.311 e. The third-order valence-electron chi connectivity index (χ3n) is 3.03. The molecule has 1 aliphatic carbocycles. The van der Waals surface area contributed by atoms with Gasteiger partial charge in [0.1, 0.15) is 0 Å². The van der Waals surface area contributed by atoms with Crippen molar-refractivity contribution in [2.45, 2.75) is 32.8 Å². The molecule has 1 saturated carbocycles. The topological polar surface area (TPSA) is 46.5 Å². The van der Waals surface area contributed by atoms with Gasteiger partial charge in [0.05, 0.1) is 18.6 Å². The quantitative estimate of drug-likeness (QED) is 0.631. The highest BCUT2D eigenvalue weighted by Gasteiger charge is 2.51. The van der Waals surface area contributed by atoms with E-state index in [4.69, 9.17) is 0 Å². The van der Waals surface area contributed by atoms with Crippen LogP contribution in [0.25, 0.3) is 0 Å². The van der Waals surface area contributed by atoms with Gasteiger partial charge in [-0.15, -0.1) is 0 Å². The van der Waals surface area contributed by atoms with Crippen LogP contribution in [0.15, 0.2) is 0 Å². The van der Waals surface area contributed by atoms with Crippen LogP contribution >= 0.6 is 0 Å². The third kappa shape index (κ3) is 1.22. The molecule has 0 amide bonds. The summed E-state index contributed by atoms with van der Waals surface area (Å²) in [6, 6.07) is 0. The Morgan fingerprint density at radius 1 is 1.75 bits per heavy atom. The molecule has 0 saturated heterocycles. The highest BCUT2D eigenvalue weighted by molar-refractivity contribution is 5.77. The van der Waals surface area contributed by atoms with Gasteiger partial charge < -0.3 is 9.84 Å². The highest BCUT2D eigenvalue weighted by Crippen LogP contribution is 2.48. The van der Waals surface area contributed by atoms with Gasteiger partial charge in [-0.3, -0.25) is 4.79 Å². The molecule has 1 fully saturated rings. The van der Waals surface area contributed by atoms with Gasteiger partial charge >= 0.3 is 5.97 Å². The van der Waals surface area contributed by atoms with E-state index in [9.17, 15) is 9.90 Å². The molecule has 1 N–H and O–H groups in total. The highest BCUT2D eigenvalue weighted by atomic mass is 16.5.